The Morgan fingerprint density at radius 2 is 0.741 bits per heavy atom. The van der Waals surface area contributed by atoms with Crippen LogP contribution in [0.3, 0.4) is 0 Å². The highest BCUT2D eigenvalue weighted by atomic mass is 16.6. The van der Waals surface area contributed by atoms with Gasteiger partial charge < -0.3 is 33.2 Å². The molecule has 0 aliphatic carbocycles. The molecule has 0 fully saturated rings. The topological polar surface area (TPSA) is 77.5 Å². The third-order valence-electron chi connectivity index (χ3n) is 3.60. The Kier molecular flexibility index (Phi) is 13.0. The van der Waals surface area contributed by atoms with E-state index in [2.05, 4.69) is 4.98 Å². The third kappa shape index (κ3) is 12.0. The van der Waals surface area contributed by atoms with E-state index in [1.54, 1.807) is 0 Å². The minimum absolute atomic E-state index is 0.453. The van der Waals surface area contributed by atoms with Crippen LogP contribution >= 0.6 is 0 Å². The zero-order chi connectivity index (χ0) is 18.8. The molecular formula is C19H31NO7. The van der Waals surface area contributed by atoms with Crippen molar-refractivity contribution in [3.05, 3.63) is 29.6 Å². The van der Waals surface area contributed by atoms with Crippen LogP contribution in [0.15, 0.2) is 18.2 Å². The van der Waals surface area contributed by atoms with Gasteiger partial charge in [0.25, 0.3) is 0 Å². The second kappa shape index (κ2) is 15.9. The average Bonchev–Trinajstić information content (AvgIpc) is 2.69. The summed E-state index contributed by atoms with van der Waals surface area (Å²) in [6.07, 6.45) is 0. The summed E-state index contributed by atoms with van der Waals surface area (Å²) in [6, 6.07) is 5.83. The SMILES string of the molecule is c1cc2nc(c1)COCCOCCOCCOCCOCCOCCOC2. The molecule has 0 unspecified atom stereocenters. The molecule has 0 aromatic carbocycles. The highest BCUT2D eigenvalue weighted by Gasteiger charge is 2.00. The summed E-state index contributed by atoms with van der Waals surface area (Å²) in [5, 5.41) is 0. The largest absolute Gasteiger partial charge is 0.377 e. The molecule has 1 aliphatic heterocycles. The predicted octanol–water partition coefficient (Wildman–Crippen LogP) is 1.21. The molecule has 8 heteroatoms. The lowest BCUT2D eigenvalue weighted by atomic mass is 10.3. The maximum Gasteiger partial charge on any atom is 0.0889 e. The van der Waals surface area contributed by atoms with Gasteiger partial charge in [-0.2, -0.15) is 0 Å². The molecule has 1 aromatic heterocycles. The lowest BCUT2D eigenvalue weighted by Gasteiger charge is -2.09. The van der Waals surface area contributed by atoms with Crippen LogP contribution in [0.5, 0.6) is 0 Å². The average molecular weight is 385 g/mol. The van der Waals surface area contributed by atoms with Crippen LogP contribution in [0, 0.1) is 0 Å². The van der Waals surface area contributed by atoms with Crippen molar-refractivity contribution in [1.29, 1.82) is 0 Å². The van der Waals surface area contributed by atoms with Crippen LogP contribution in [0.4, 0.5) is 0 Å². The number of nitrogens with zero attached hydrogens (tertiary/aromatic N) is 1. The van der Waals surface area contributed by atoms with Crippen molar-refractivity contribution in [3.8, 4) is 0 Å². The quantitative estimate of drug-likeness (QED) is 0.660. The van der Waals surface area contributed by atoms with E-state index in [-0.39, 0.29) is 0 Å². The highest BCUT2D eigenvalue weighted by Crippen LogP contribution is 2.03. The van der Waals surface area contributed by atoms with Crippen LogP contribution in [0.25, 0.3) is 0 Å². The first-order valence-electron chi connectivity index (χ1n) is 9.44. The van der Waals surface area contributed by atoms with Gasteiger partial charge in [0, 0.05) is 0 Å². The summed E-state index contributed by atoms with van der Waals surface area (Å²) in [5.41, 5.74) is 1.75. The van der Waals surface area contributed by atoms with Gasteiger partial charge in [-0.1, -0.05) is 6.07 Å². The van der Waals surface area contributed by atoms with Gasteiger partial charge in [-0.05, 0) is 12.1 Å². The van der Waals surface area contributed by atoms with Gasteiger partial charge in [-0.25, -0.2) is 0 Å². The normalized spacial score (nSPS) is 21.2. The fourth-order valence-corrected chi connectivity index (χ4v) is 2.26. The molecule has 8 nitrogen and oxygen atoms in total. The molecule has 0 atom stereocenters. The molecule has 2 bridgehead atoms. The van der Waals surface area contributed by atoms with E-state index >= 15 is 0 Å². The van der Waals surface area contributed by atoms with Crippen molar-refractivity contribution < 1.29 is 33.2 Å². The van der Waals surface area contributed by atoms with Gasteiger partial charge in [-0.3, -0.25) is 4.98 Å². The Morgan fingerprint density at radius 1 is 0.444 bits per heavy atom. The van der Waals surface area contributed by atoms with Crippen molar-refractivity contribution in [1.82, 2.24) is 4.98 Å². The zero-order valence-electron chi connectivity index (χ0n) is 15.9. The maximum absolute atomic E-state index is 5.59. The van der Waals surface area contributed by atoms with E-state index in [1.807, 2.05) is 18.2 Å². The molecule has 0 radical (unpaired) electrons. The summed E-state index contributed by atoms with van der Waals surface area (Å²) >= 11 is 0. The molecule has 1 aromatic rings. The second-order valence-corrected chi connectivity index (χ2v) is 5.79. The summed E-state index contributed by atoms with van der Waals surface area (Å²) in [6.45, 7) is 7.35. The molecule has 0 amide bonds. The molecule has 154 valence electrons. The van der Waals surface area contributed by atoms with Gasteiger partial charge in [0.05, 0.1) is 104 Å². The van der Waals surface area contributed by atoms with Gasteiger partial charge in [-0.15, -0.1) is 0 Å². The molecular weight excluding hydrogens is 354 g/mol. The molecule has 0 saturated heterocycles. The van der Waals surface area contributed by atoms with Crippen LogP contribution < -0.4 is 0 Å². The fraction of sp³-hybridized carbons (Fsp3) is 0.737. The van der Waals surface area contributed by atoms with E-state index in [4.69, 9.17) is 33.2 Å². The van der Waals surface area contributed by atoms with E-state index < -0.39 is 0 Å². The minimum Gasteiger partial charge on any atom is -0.377 e. The minimum atomic E-state index is 0.453. The predicted molar refractivity (Wildman–Crippen MR) is 97.6 cm³/mol. The molecule has 27 heavy (non-hydrogen) atoms. The first-order chi connectivity index (χ1) is 13.4. The summed E-state index contributed by atoms with van der Waals surface area (Å²) < 4.78 is 38.4. The van der Waals surface area contributed by atoms with Crippen LogP contribution in [0.1, 0.15) is 11.4 Å². The molecule has 1 aliphatic rings. The smallest absolute Gasteiger partial charge is 0.0889 e. The summed E-state index contributed by atoms with van der Waals surface area (Å²) in [4.78, 5) is 4.52. The number of hydrogen-bond acceptors (Lipinski definition) is 8. The Balaban J connectivity index is 1.67. The van der Waals surface area contributed by atoms with E-state index in [1.165, 1.54) is 0 Å². The molecule has 2 rings (SSSR count). The van der Waals surface area contributed by atoms with Crippen molar-refractivity contribution in [2.24, 2.45) is 0 Å². The number of ether oxygens (including phenoxy) is 7. The Hall–Kier alpha value is -1.13. The van der Waals surface area contributed by atoms with Crippen molar-refractivity contribution in [3.63, 3.8) is 0 Å². The number of pyridine rings is 1. The third-order valence-corrected chi connectivity index (χ3v) is 3.60. The van der Waals surface area contributed by atoms with Crippen LogP contribution in [-0.2, 0) is 46.4 Å². The van der Waals surface area contributed by atoms with Gasteiger partial charge in [0.15, 0.2) is 0 Å². The fourth-order valence-electron chi connectivity index (χ4n) is 2.26. The van der Waals surface area contributed by atoms with Crippen LogP contribution in [0.2, 0.25) is 0 Å². The lowest BCUT2D eigenvalue weighted by Crippen LogP contribution is -2.14. The summed E-state index contributed by atoms with van der Waals surface area (Å²) in [7, 11) is 0. The lowest BCUT2D eigenvalue weighted by molar-refractivity contribution is -0.0224. The molecule has 0 N–H and O–H groups in total. The molecule has 0 spiro atoms. The monoisotopic (exact) mass is 385 g/mol. The van der Waals surface area contributed by atoms with E-state index in [0.29, 0.717) is 92.5 Å². The Labute approximate surface area is 161 Å². The van der Waals surface area contributed by atoms with E-state index in [0.717, 1.165) is 11.4 Å². The first-order valence-corrected chi connectivity index (χ1v) is 9.44. The number of hydrogen-bond donors (Lipinski definition) is 0. The van der Waals surface area contributed by atoms with E-state index in [9.17, 15) is 0 Å². The number of aromatic nitrogens is 1. The Morgan fingerprint density at radius 3 is 1.07 bits per heavy atom. The zero-order valence-corrected chi connectivity index (χ0v) is 15.9. The molecule has 0 saturated carbocycles. The van der Waals surface area contributed by atoms with Crippen molar-refractivity contribution in [2.75, 3.05) is 79.3 Å². The number of fused-ring (bicyclic) bond motifs is 2. The standard InChI is InChI=1S/C19H31NO7/c1-2-18-16-26-14-12-24-10-8-22-6-4-21-5-7-23-9-11-25-13-15-27-17-19(3-1)20-18/h1-3H,4-17H2. The van der Waals surface area contributed by atoms with Crippen LogP contribution in [-0.4, -0.2) is 84.3 Å². The van der Waals surface area contributed by atoms with Gasteiger partial charge in [0.2, 0.25) is 0 Å². The van der Waals surface area contributed by atoms with Crippen molar-refractivity contribution in [2.45, 2.75) is 13.2 Å². The first kappa shape index (κ1) is 22.2. The van der Waals surface area contributed by atoms with Crippen molar-refractivity contribution >= 4 is 0 Å². The second-order valence-electron chi connectivity index (χ2n) is 5.79. The maximum atomic E-state index is 5.59. The summed E-state index contributed by atoms with van der Waals surface area (Å²) in [5.74, 6) is 0. The number of rotatable bonds is 0. The van der Waals surface area contributed by atoms with Gasteiger partial charge in [0.1, 0.15) is 0 Å². The van der Waals surface area contributed by atoms with Gasteiger partial charge >= 0.3 is 0 Å². The Bertz CT molecular complexity index is 438. The highest BCUT2D eigenvalue weighted by molar-refractivity contribution is 5.09. The molecule has 2 heterocycles.